The summed E-state index contributed by atoms with van der Waals surface area (Å²) in [6.45, 7) is 0. The van der Waals surface area contributed by atoms with Crippen LogP contribution in [-0.2, 0) is 15.3 Å². The summed E-state index contributed by atoms with van der Waals surface area (Å²) in [7, 11) is 0. The molecule has 1 unspecified atom stereocenters. The van der Waals surface area contributed by atoms with Crippen molar-refractivity contribution in [2.45, 2.75) is 18.2 Å². The number of hydrogen-bond acceptors (Lipinski definition) is 5. The summed E-state index contributed by atoms with van der Waals surface area (Å²) in [6.07, 6.45) is 0.639. The van der Waals surface area contributed by atoms with E-state index in [1.165, 1.54) is 17.8 Å². The van der Waals surface area contributed by atoms with Crippen LogP contribution in [0.5, 0.6) is 0 Å². The maximum Gasteiger partial charge on any atom is 0.371 e. The average Bonchev–Trinajstić information content (AvgIpc) is 2.81. The maximum atomic E-state index is 10.7. The molecule has 0 saturated heterocycles. The summed E-state index contributed by atoms with van der Waals surface area (Å²) in [5.74, 6) is -0.878. The Morgan fingerprint density at radius 1 is 1.42 bits per heavy atom. The fourth-order valence-corrected chi connectivity index (χ4v) is 2.21. The lowest BCUT2D eigenvalue weighted by molar-refractivity contribution is -0.140. The van der Waals surface area contributed by atoms with Gasteiger partial charge >= 0.3 is 11.9 Å². The number of furan rings is 1. The summed E-state index contributed by atoms with van der Waals surface area (Å²) in [5.41, 5.74) is 0. The van der Waals surface area contributed by atoms with Crippen molar-refractivity contribution < 1.29 is 29.0 Å². The number of rotatable bonds is 9. The number of carbonyl (C=O) groups excluding carboxylic acids is 1. The number of thioether (sulfide) groups is 1. The molecule has 0 aromatic carbocycles. The first-order valence-electron chi connectivity index (χ1n) is 5.37. The molecule has 0 bridgehead atoms. The average molecular weight is 287 g/mol. The lowest BCUT2D eigenvalue weighted by Gasteiger charge is -2.09. The molecule has 0 fully saturated rings. The van der Waals surface area contributed by atoms with Crippen LogP contribution in [0.3, 0.4) is 0 Å². The Labute approximate surface area is 113 Å². The van der Waals surface area contributed by atoms with Crippen LogP contribution in [0.25, 0.3) is 0 Å². The van der Waals surface area contributed by atoms with Crippen molar-refractivity contribution in [3.05, 3.63) is 23.7 Å². The lowest BCUT2D eigenvalue weighted by atomic mass is 10.2. The highest BCUT2D eigenvalue weighted by Gasteiger charge is 2.15. The van der Waals surface area contributed by atoms with Crippen molar-refractivity contribution in [2.24, 2.45) is 0 Å². The number of carboxylic acid groups (broad SMARTS) is 2. The molecular formula is C11H13NO6S. The molecule has 3 N–H and O–H groups in total. The number of nitrogens with one attached hydrogen (secondary N) is 1. The standard InChI is InChI=1S/C11H13NO6S/c13-6-12-8(10(14)15)3-4-19-5-7-1-2-9(18-7)11(16)17/h1-2,6,8H,3-5H2,(H,12,13)(H,14,15)(H,16,17). The minimum absolute atomic E-state index is 0.123. The molecule has 1 atom stereocenters. The molecule has 19 heavy (non-hydrogen) atoms. The van der Waals surface area contributed by atoms with Crippen molar-refractivity contribution in [3.63, 3.8) is 0 Å². The normalized spacial score (nSPS) is 11.8. The van der Waals surface area contributed by atoms with E-state index in [2.05, 4.69) is 5.32 Å². The monoisotopic (exact) mass is 287 g/mol. The molecule has 7 nitrogen and oxygen atoms in total. The second-order valence-corrected chi connectivity index (χ2v) is 4.69. The van der Waals surface area contributed by atoms with Gasteiger partial charge in [0.25, 0.3) is 0 Å². The van der Waals surface area contributed by atoms with Gasteiger partial charge in [0.2, 0.25) is 12.2 Å². The van der Waals surface area contributed by atoms with E-state index >= 15 is 0 Å². The Morgan fingerprint density at radius 2 is 2.16 bits per heavy atom. The largest absolute Gasteiger partial charge is 0.480 e. The number of carbonyl (C=O) groups is 3. The van der Waals surface area contributed by atoms with Gasteiger partial charge in [0, 0.05) is 0 Å². The molecule has 0 aliphatic heterocycles. The Hall–Kier alpha value is -1.96. The highest BCUT2D eigenvalue weighted by Crippen LogP contribution is 2.16. The van der Waals surface area contributed by atoms with E-state index in [4.69, 9.17) is 14.6 Å². The number of aliphatic carboxylic acids is 1. The maximum absolute atomic E-state index is 10.7. The van der Waals surface area contributed by atoms with Gasteiger partial charge in [0.05, 0.1) is 5.75 Å². The smallest absolute Gasteiger partial charge is 0.371 e. The topological polar surface area (TPSA) is 117 Å². The Bertz CT molecular complexity index is 458. The van der Waals surface area contributed by atoms with Crippen LogP contribution in [0.2, 0.25) is 0 Å². The fraction of sp³-hybridized carbons (Fsp3) is 0.364. The second-order valence-electron chi connectivity index (χ2n) is 3.59. The quantitative estimate of drug-likeness (QED) is 0.454. The molecule has 1 amide bonds. The Morgan fingerprint density at radius 3 is 2.68 bits per heavy atom. The van der Waals surface area contributed by atoms with Gasteiger partial charge in [-0.15, -0.1) is 0 Å². The van der Waals surface area contributed by atoms with E-state index in [0.717, 1.165) is 0 Å². The van der Waals surface area contributed by atoms with E-state index in [9.17, 15) is 14.4 Å². The van der Waals surface area contributed by atoms with Crippen LogP contribution < -0.4 is 5.32 Å². The van der Waals surface area contributed by atoms with Crippen molar-refractivity contribution in [1.29, 1.82) is 0 Å². The van der Waals surface area contributed by atoms with Crippen LogP contribution in [-0.4, -0.2) is 40.4 Å². The van der Waals surface area contributed by atoms with Gasteiger partial charge in [-0.25, -0.2) is 9.59 Å². The van der Waals surface area contributed by atoms with Crippen LogP contribution in [0.4, 0.5) is 0 Å². The second kappa shape index (κ2) is 7.47. The Balaban J connectivity index is 2.31. The third-order valence-corrected chi connectivity index (χ3v) is 3.25. The molecule has 1 aromatic heterocycles. The van der Waals surface area contributed by atoms with Crippen molar-refractivity contribution in [1.82, 2.24) is 5.32 Å². The third kappa shape index (κ3) is 5.04. The first kappa shape index (κ1) is 15.1. The molecule has 0 radical (unpaired) electrons. The summed E-state index contributed by atoms with van der Waals surface area (Å²) in [5, 5.41) is 19.6. The molecule has 0 saturated carbocycles. The molecule has 8 heteroatoms. The molecule has 104 valence electrons. The molecule has 0 spiro atoms. The predicted octanol–water partition coefficient (Wildman–Crippen LogP) is 0.800. The number of aromatic carboxylic acids is 1. The zero-order valence-corrected chi connectivity index (χ0v) is 10.7. The van der Waals surface area contributed by atoms with Crippen molar-refractivity contribution >= 4 is 30.1 Å². The fourth-order valence-electron chi connectivity index (χ4n) is 1.30. The summed E-state index contributed by atoms with van der Waals surface area (Å²) >= 11 is 1.40. The van der Waals surface area contributed by atoms with Crippen LogP contribution in [0.1, 0.15) is 22.7 Å². The van der Waals surface area contributed by atoms with Gasteiger partial charge in [0.15, 0.2) is 0 Å². The van der Waals surface area contributed by atoms with E-state index in [0.29, 0.717) is 23.7 Å². The van der Waals surface area contributed by atoms with Gasteiger partial charge in [-0.05, 0) is 24.3 Å². The zero-order chi connectivity index (χ0) is 14.3. The first-order chi connectivity index (χ1) is 9.04. The molecule has 1 aromatic rings. The lowest BCUT2D eigenvalue weighted by Crippen LogP contribution is -2.36. The van der Waals surface area contributed by atoms with Gasteiger partial charge in [0.1, 0.15) is 11.8 Å². The van der Waals surface area contributed by atoms with Gasteiger partial charge < -0.3 is 19.9 Å². The molecule has 1 rings (SSSR count). The Kier molecular flexibility index (Phi) is 5.94. The SMILES string of the molecule is O=CNC(CCSCc1ccc(C(=O)O)o1)C(=O)O. The minimum atomic E-state index is -1.13. The van der Waals surface area contributed by atoms with Crippen molar-refractivity contribution in [3.8, 4) is 0 Å². The summed E-state index contributed by atoms with van der Waals surface area (Å²) in [6, 6.07) is 2.03. The molecule has 1 heterocycles. The van der Waals surface area contributed by atoms with E-state index in [1.807, 2.05) is 0 Å². The molecule has 0 aliphatic rings. The summed E-state index contributed by atoms with van der Waals surface area (Å²) in [4.78, 5) is 31.5. The number of hydrogen-bond donors (Lipinski definition) is 3. The molecule has 0 aliphatic carbocycles. The third-order valence-electron chi connectivity index (χ3n) is 2.23. The number of amides is 1. The van der Waals surface area contributed by atoms with E-state index in [1.54, 1.807) is 6.07 Å². The van der Waals surface area contributed by atoms with E-state index in [-0.39, 0.29) is 12.2 Å². The summed E-state index contributed by atoms with van der Waals surface area (Å²) < 4.78 is 5.04. The van der Waals surface area contributed by atoms with Crippen LogP contribution >= 0.6 is 11.8 Å². The predicted molar refractivity (Wildman–Crippen MR) is 67.1 cm³/mol. The first-order valence-corrected chi connectivity index (χ1v) is 6.52. The van der Waals surface area contributed by atoms with Crippen LogP contribution in [0, 0.1) is 0 Å². The van der Waals surface area contributed by atoms with Gasteiger partial charge in [-0.2, -0.15) is 11.8 Å². The van der Waals surface area contributed by atoms with Gasteiger partial charge in [-0.1, -0.05) is 0 Å². The van der Waals surface area contributed by atoms with Gasteiger partial charge in [-0.3, -0.25) is 4.79 Å². The molecular weight excluding hydrogens is 274 g/mol. The van der Waals surface area contributed by atoms with E-state index < -0.39 is 18.0 Å². The van der Waals surface area contributed by atoms with Crippen molar-refractivity contribution in [2.75, 3.05) is 5.75 Å². The minimum Gasteiger partial charge on any atom is -0.480 e. The number of carboxylic acids is 2. The highest BCUT2D eigenvalue weighted by atomic mass is 32.2. The zero-order valence-electron chi connectivity index (χ0n) is 9.87. The van der Waals surface area contributed by atoms with Crippen LogP contribution in [0.15, 0.2) is 16.5 Å². The highest BCUT2D eigenvalue weighted by molar-refractivity contribution is 7.98.